The van der Waals surface area contributed by atoms with Crippen molar-refractivity contribution in [1.29, 1.82) is 0 Å². The third-order valence-electron chi connectivity index (χ3n) is 3.77. The highest BCUT2D eigenvalue weighted by atomic mass is 79.9. The predicted octanol–water partition coefficient (Wildman–Crippen LogP) is 7.21. The summed E-state index contributed by atoms with van der Waals surface area (Å²) in [5.74, 6) is -1.02. The van der Waals surface area contributed by atoms with E-state index in [2.05, 4.69) is 91.1 Å². The highest BCUT2D eigenvalue weighted by molar-refractivity contribution is 9.13. The van der Waals surface area contributed by atoms with Gasteiger partial charge in [-0.2, -0.15) is 0 Å². The fraction of sp³-hybridized carbons (Fsp3) is 0.143. The van der Waals surface area contributed by atoms with Crippen molar-refractivity contribution in [3.8, 4) is 11.5 Å². The molecule has 2 aromatic rings. The van der Waals surface area contributed by atoms with Crippen LogP contribution in [0, 0.1) is 0 Å². The molecule has 10 heteroatoms. The Labute approximate surface area is 214 Å². The van der Waals surface area contributed by atoms with Crippen molar-refractivity contribution in [3.63, 3.8) is 0 Å². The van der Waals surface area contributed by atoms with Crippen LogP contribution in [0.4, 0.5) is 0 Å². The number of aliphatic carboxylic acids is 2. The Morgan fingerprint density at radius 3 is 1.74 bits per heavy atom. The smallest absolute Gasteiger partial charge is 0.327 e. The Hall–Kier alpha value is -1.62. The predicted molar refractivity (Wildman–Crippen MR) is 135 cm³/mol. The second-order valence-electron chi connectivity index (χ2n) is 6.19. The lowest BCUT2D eigenvalue weighted by atomic mass is 9.78. The number of carboxylic acid groups (broad SMARTS) is 2. The number of hydrogen-bond donors (Lipinski definition) is 3. The zero-order chi connectivity index (χ0) is 24.4. The molecule has 2 rings (SSSR count). The van der Waals surface area contributed by atoms with E-state index in [-0.39, 0.29) is 11.2 Å². The zero-order valence-electron chi connectivity index (χ0n) is 16.5. The Bertz CT molecular complexity index is 922. The third kappa shape index (κ3) is 9.18. The SMILES string of the molecule is C=CC(=O)O.C=CC(=O)O.CC(C)(c1ccc(O)cc1)c1c(Br)cc(OBr)c(Br)c1Br. The Morgan fingerprint density at radius 1 is 0.968 bits per heavy atom. The van der Waals surface area contributed by atoms with Crippen LogP contribution in [0.5, 0.6) is 11.5 Å². The average molecular weight is 688 g/mol. The maximum atomic E-state index is 9.47. The molecular weight excluding hydrogens is 668 g/mol. The molecule has 0 radical (unpaired) electrons. The lowest BCUT2D eigenvalue weighted by molar-refractivity contribution is -0.132. The Balaban J connectivity index is 0.000000752. The standard InChI is InChI=1S/C15H12Br4O2.2C3H4O2/c1-15(2,8-3-5-9(20)6-4-8)12-10(16)7-11(21-19)13(17)14(12)18;2*1-2-3(4)5/h3-7,20H,1-2H3;2*2H,1H2,(H,4,5). The van der Waals surface area contributed by atoms with Crippen LogP contribution >= 0.6 is 64.0 Å². The Morgan fingerprint density at radius 2 is 1.39 bits per heavy atom. The van der Waals surface area contributed by atoms with Gasteiger partial charge in [0.1, 0.15) is 5.75 Å². The van der Waals surface area contributed by atoms with E-state index in [1.807, 2.05) is 18.2 Å². The number of halogens is 4. The van der Waals surface area contributed by atoms with Gasteiger partial charge in [0.25, 0.3) is 0 Å². The zero-order valence-corrected chi connectivity index (χ0v) is 22.9. The van der Waals surface area contributed by atoms with Crippen LogP contribution < -0.4 is 3.83 Å². The first-order valence-corrected chi connectivity index (χ1v) is 11.3. The molecule has 0 heterocycles. The minimum atomic E-state index is -0.981. The topological polar surface area (TPSA) is 104 Å². The molecule has 0 aliphatic carbocycles. The van der Waals surface area contributed by atoms with E-state index in [1.54, 1.807) is 12.1 Å². The highest BCUT2D eigenvalue weighted by Crippen LogP contribution is 2.47. The number of phenols is 1. The molecule has 6 nitrogen and oxygen atoms in total. The Kier molecular flexibility index (Phi) is 13.0. The van der Waals surface area contributed by atoms with Crippen LogP contribution in [-0.2, 0) is 15.0 Å². The van der Waals surface area contributed by atoms with E-state index in [0.29, 0.717) is 5.75 Å². The van der Waals surface area contributed by atoms with Gasteiger partial charge in [0.2, 0.25) is 0 Å². The van der Waals surface area contributed by atoms with E-state index in [0.717, 1.165) is 36.7 Å². The van der Waals surface area contributed by atoms with Crippen LogP contribution in [0.1, 0.15) is 25.0 Å². The molecule has 168 valence electrons. The molecule has 0 fully saturated rings. The largest absolute Gasteiger partial charge is 0.508 e. The van der Waals surface area contributed by atoms with E-state index in [1.165, 1.54) is 0 Å². The molecular formula is C21H20Br4O6. The summed E-state index contributed by atoms with van der Waals surface area (Å²) >= 11 is 13.8. The summed E-state index contributed by atoms with van der Waals surface area (Å²) < 4.78 is 7.86. The lowest BCUT2D eigenvalue weighted by Gasteiger charge is -2.29. The van der Waals surface area contributed by atoms with Gasteiger partial charge in [-0.15, -0.1) is 0 Å². The van der Waals surface area contributed by atoms with Crippen LogP contribution in [-0.4, -0.2) is 27.3 Å². The number of carboxylic acids is 2. The number of rotatable bonds is 5. The molecule has 0 atom stereocenters. The summed E-state index contributed by atoms with van der Waals surface area (Å²) in [5, 5.41) is 24.7. The van der Waals surface area contributed by atoms with Gasteiger partial charge in [-0.3, -0.25) is 0 Å². The van der Waals surface area contributed by atoms with Crippen LogP contribution in [0.25, 0.3) is 0 Å². The van der Waals surface area contributed by atoms with Crippen molar-refractivity contribution in [3.05, 3.63) is 80.2 Å². The number of benzene rings is 2. The van der Waals surface area contributed by atoms with Crippen molar-refractivity contribution in [1.82, 2.24) is 0 Å². The molecule has 0 aromatic heterocycles. The fourth-order valence-electron chi connectivity index (χ4n) is 2.22. The fourth-order valence-corrected chi connectivity index (χ4v) is 5.16. The molecule has 0 saturated carbocycles. The maximum Gasteiger partial charge on any atom is 0.327 e. The van der Waals surface area contributed by atoms with Crippen molar-refractivity contribution >= 4 is 76.0 Å². The number of carbonyl (C=O) groups is 2. The molecule has 2 aromatic carbocycles. The summed E-state index contributed by atoms with van der Waals surface area (Å²) in [5.41, 5.74) is 1.92. The maximum absolute atomic E-state index is 9.47. The molecule has 0 bridgehead atoms. The van der Waals surface area contributed by atoms with Gasteiger partial charge < -0.3 is 19.1 Å². The van der Waals surface area contributed by atoms with E-state index < -0.39 is 11.9 Å². The van der Waals surface area contributed by atoms with Gasteiger partial charge in [0.05, 0.1) is 4.47 Å². The minimum Gasteiger partial charge on any atom is -0.508 e. The summed E-state index contributed by atoms with van der Waals surface area (Å²) in [4.78, 5) is 18.5. The highest BCUT2D eigenvalue weighted by Gasteiger charge is 2.30. The normalized spacial score (nSPS) is 9.87. The van der Waals surface area contributed by atoms with Gasteiger partial charge in [-0.1, -0.05) is 55.1 Å². The summed E-state index contributed by atoms with van der Waals surface area (Å²) in [6.45, 7) is 10.2. The second kappa shape index (κ2) is 13.7. The first-order chi connectivity index (χ1) is 14.3. The summed E-state index contributed by atoms with van der Waals surface area (Å²) in [7, 11) is 0. The lowest BCUT2D eigenvalue weighted by Crippen LogP contribution is -2.20. The van der Waals surface area contributed by atoms with Crippen molar-refractivity contribution in [2.75, 3.05) is 0 Å². The number of hydrogen-bond acceptors (Lipinski definition) is 4. The summed E-state index contributed by atoms with van der Waals surface area (Å²) in [6.07, 6.45) is 1.67. The quantitative estimate of drug-likeness (QED) is 0.227. The van der Waals surface area contributed by atoms with Gasteiger partial charge in [-0.25, -0.2) is 9.59 Å². The van der Waals surface area contributed by atoms with Crippen LogP contribution in [0.15, 0.2) is 69.1 Å². The molecule has 0 saturated heterocycles. The molecule has 3 N–H and O–H groups in total. The molecule has 0 amide bonds. The van der Waals surface area contributed by atoms with Gasteiger partial charge in [0, 0.05) is 26.5 Å². The van der Waals surface area contributed by atoms with E-state index in [9.17, 15) is 14.7 Å². The van der Waals surface area contributed by atoms with Gasteiger partial charge in [0.15, 0.2) is 22.0 Å². The van der Waals surface area contributed by atoms with Crippen molar-refractivity contribution < 1.29 is 28.7 Å². The van der Waals surface area contributed by atoms with Gasteiger partial charge in [-0.05, 0) is 61.2 Å². The molecule has 0 aliphatic heterocycles. The van der Waals surface area contributed by atoms with Crippen LogP contribution in [0.2, 0.25) is 0 Å². The molecule has 31 heavy (non-hydrogen) atoms. The monoisotopic (exact) mass is 684 g/mol. The van der Waals surface area contributed by atoms with E-state index in [4.69, 9.17) is 14.0 Å². The minimum absolute atomic E-state index is 0.261. The average Bonchev–Trinajstić information content (AvgIpc) is 2.71. The third-order valence-corrected chi connectivity index (χ3v) is 6.86. The number of aromatic hydroxyl groups is 1. The van der Waals surface area contributed by atoms with Crippen molar-refractivity contribution in [2.24, 2.45) is 0 Å². The number of phenolic OH excluding ortho intramolecular Hbond substituents is 1. The molecule has 0 spiro atoms. The van der Waals surface area contributed by atoms with Crippen molar-refractivity contribution in [2.45, 2.75) is 19.3 Å². The molecule has 0 aliphatic rings. The van der Waals surface area contributed by atoms with Crippen LogP contribution in [0.3, 0.4) is 0 Å². The van der Waals surface area contributed by atoms with E-state index >= 15 is 0 Å². The summed E-state index contributed by atoms with van der Waals surface area (Å²) in [6, 6.07) is 9.16. The first-order valence-electron chi connectivity index (χ1n) is 8.30. The second-order valence-corrected chi connectivity index (χ2v) is 8.96. The first kappa shape index (κ1) is 29.4. The molecule has 0 unspecified atom stereocenters. The van der Waals surface area contributed by atoms with Gasteiger partial charge >= 0.3 is 11.9 Å².